The van der Waals surface area contributed by atoms with Gasteiger partial charge in [0, 0.05) is 17.4 Å². The van der Waals surface area contributed by atoms with Crippen molar-refractivity contribution < 1.29 is 29.0 Å². The Balaban J connectivity index is 2.10. The van der Waals surface area contributed by atoms with Crippen molar-refractivity contribution in [3.8, 4) is 0 Å². The van der Waals surface area contributed by atoms with Crippen LogP contribution in [-0.4, -0.2) is 87.1 Å². The molecule has 0 aromatic heterocycles. The molecule has 3 fully saturated rings. The number of amides is 2. The van der Waals surface area contributed by atoms with Crippen LogP contribution in [0, 0.1) is 17.8 Å². The molecule has 202 valence electrons. The number of hydrogen-bond acceptors (Lipinski definition) is 6. The average molecular weight is 570 g/mol. The molecule has 3 aliphatic heterocycles. The van der Waals surface area contributed by atoms with Gasteiger partial charge in [0.1, 0.15) is 11.6 Å². The maximum absolute atomic E-state index is 14.4. The number of esters is 1. The second-order valence-electron chi connectivity index (χ2n) is 10.6. The Morgan fingerprint density at radius 1 is 1.33 bits per heavy atom. The summed E-state index contributed by atoms with van der Waals surface area (Å²) in [5, 5.41) is 10.3. The fourth-order valence-corrected chi connectivity index (χ4v) is 7.23. The van der Waals surface area contributed by atoms with Gasteiger partial charge in [0.25, 0.3) is 0 Å². The van der Waals surface area contributed by atoms with E-state index in [9.17, 15) is 19.5 Å². The summed E-state index contributed by atoms with van der Waals surface area (Å²) in [5.41, 5.74) is -1.18. The number of aliphatic hydroxyl groups is 1. The molecule has 3 aliphatic rings. The average Bonchev–Trinajstić information content (AvgIpc) is 3.41. The topological polar surface area (TPSA) is 96.4 Å². The van der Waals surface area contributed by atoms with E-state index in [1.165, 1.54) is 4.90 Å². The number of halogens is 1. The minimum Gasteiger partial charge on any atom is -0.465 e. The molecule has 4 unspecified atom stereocenters. The number of fused-ring (bicyclic) bond motifs is 1. The number of ether oxygens (including phenoxy) is 2. The lowest BCUT2D eigenvalue weighted by Gasteiger charge is -2.41. The molecule has 9 heteroatoms. The molecule has 0 aliphatic carbocycles. The number of rotatable bonds is 13. The molecule has 0 aromatic rings. The van der Waals surface area contributed by atoms with Crippen molar-refractivity contribution in [2.24, 2.45) is 17.8 Å². The summed E-state index contributed by atoms with van der Waals surface area (Å²) in [5.74, 6) is -2.83. The molecule has 8 nitrogen and oxygen atoms in total. The summed E-state index contributed by atoms with van der Waals surface area (Å²) in [6.07, 6.45) is 5.40. The number of hydrogen-bond donors (Lipinski definition) is 1. The summed E-state index contributed by atoms with van der Waals surface area (Å²) in [4.78, 5) is 44.8. The van der Waals surface area contributed by atoms with E-state index >= 15 is 0 Å². The van der Waals surface area contributed by atoms with Gasteiger partial charge in [0.15, 0.2) is 0 Å². The van der Waals surface area contributed by atoms with Crippen LogP contribution < -0.4 is 0 Å². The highest BCUT2D eigenvalue weighted by Crippen LogP contribution is 2.61. The van der Waals surface area contributed by atoms with Crippen molar-refractivity contribution in [3.05, 3.63) is 25.3 Å². The van der Waals surface area contributed by atoms with Crippen LogP contribution in [0.2, 0.25) is 0 Å². The summed E-state index contributed by atoms with van der Waals surface area (Å²) in [6, 6.07) is -1.62. The van der Waals surface area contributed by atoms with Crippen molar-refractivity contribution >= 4 is 33.7 Å². The minimum absolute atomic E-state index is 0.0717. The molecule has 36 heavy (non-hydrogen) atoms. The third-order valence-electron chi connectivity index (χ3n) is 7.96. The Hall–Kier alpha value is -1.71. The van der Waals surface area contributed by atoms with E-state index in [1.54, 1.807) is 17.1 Å². The first kappa shape index (κ1) is 28.9. The van der Waals surface area contributed by atoms with E-state index in [0.29, 0.717) is 19.4 Å². The third-order valence-corrected chi connectivity index (χ3v) is 8.81. The lowest BCUT2D eigenvalue weighted by atomic mass is 9.70. The van der Waals surface area contributed by atoms with Crippen molar-refractivity contribution in [1.29, 1.82) is 0 Å². The van der Waals surface area contributed by atoms with Gasteiger partial charge in [-0.25, -0.2) is 0 Å². The van der Waals surface area contributed by atoms with Gasteiger partial charge in [-0.1, -0.05) is 55.3 Å². The molecule has 0 saturated carbocycles. The van der Waals surface area contributed by atoms with Gasteiger partial charge in [-0.3, -0.25) is 14.4 Å². The zero-order valence-corrected chi connectivity index (χ0v) is 23.5. The van der Waals surface area contributed by atoms with Gasteiger partial charge in [-0.15, -0.1) is 13.2 Å². The summed E-state index contributed by atoms with van der Waals surface area (Å²) in [7, 11) is 0. The van der Waals surface area contributed by atoms with E-state index in [1.807, 2.05) is 20.8 Å². The largest absolute Gasteiger partial charge is 0.465 e. The van der Waals surface area contributed by atoms with Gasteiger partial charge in [-0.05, 0) is 32.1 Å². The number of alkyl halides is 1. The van der Waals surface area contributed by atoms with Gasteiger partial charge >= 0.3 is 5.97 Å². The molecule has 0 aromatic carbocycles. The Labute approximate surface area is 223 Å². The lowest BCUT2D eigenvalue weighted by Crippen LogP contribution is -2.61. The Kier molecular flexibility index (Phi) is 9.44. The fourth-order valence-electron chi connectivity index (χ4n) is 6.29. The molecule has 3 heterocycles. The number of carbonyl (C=O) groups excluding carboxylic acids is 3. The van der Waals surface area contributed by atoms with Gasteiger partial charge in [-0.2, -0.15) is 0 Å². The van der Waals surface area contributed by atoms with E-state index in [2.05, 4.69) is 36.0 Å². The first-order valence-corrected chi connectivity index (χ1v) is 14.0. The highest BCUT2D eigenvalue weighted by Gasteiger charge is 2.77. The smallest absolute Gasteiger partial charge is 0.312 e. The van der Waals surface area contributed by atoms with Crippen LogP contribution in [0.25, 0.3) is 0 Å². The normalized spacial score (nSPS) is 32.4. The van der Waals surface area contributed by atoms with Crippen LogP contribution in [0.15, 0.2) is 25.3 Å². The molecule has 3 saturated heterocycles. The number of aliphatic hydroxyl groups excluding tert-OH is 1. The molecule has 2 amide bonds. The van der Waals surface area contributed by atoms with Crippen molar-refractivity contribution in [2.75, 3.05) is 19.8 Å². The van der Waals surface area contributed by atoms with Crippen LogP contribution in [0.4, 0.5) is 0 Å². The van der Waals surface area contributed by atoms with Crippen molar-refractivity contribution in [3.63, 3.8) is 0 Å². The third kappa shape index (κ3) is 4.78. The summed E-state index contributed by atoms with van der Waals surface area (Å²) < 4.78 is 12.0. The first-order chi connectivity index (χ1) is 17.1. The van der Waals surface area contributed by atoms with Crippen LogP contribution in [0.5, 0.6) is 0 Å². The Morgan fingerprint density at radius 2 is 2.03 bits per heavy atom. The van der Waals surface area contributed by atoms with E-state index < -0.39 is 41.6 Å². The SMILES string of the molecule is C=CCCOC(=O)[C@H]1[C@H]2C(=O)N([C@@H](CO)C(C)C)C(C(=O)N(CC=C)C(C)CCC)C23CC(Br)[C@@H]1O3. The number of likely N-dealkylation sites (tertiary alicyclic amines) is 1. The molecular weight excluding hydrogens is 528 g/mol. The van der Waals surface area contributed by atoms with Crippen LogP contribution in [0.3, 0.4) is 0 Å². The second kappa shape index (κ2) is 11.8. The highest BCUT2D eigenvalue weighted by molar-refractivity contribution is 9.09. The molecule has 0 radical (unpaired) electrons. The first-order valence-electron chi connectivity index (χ1n) is 13.0. The molecule has 2 bridgehead atoms. The predicted molar refractivity (Wildman–Crippen MR) is 140 cm³/mol. The van der Waals surface area contributed by atoms with Crippen molar-refractivity contribution in [2.45, 2.75) is 88.0 Å². The van der Waals surface area contributed by atoms with Crippen LogP contribution in [-0.2, 0) is 23.9 Å². The predicted octanol–water partition coefficient (Wildman–Crippen LogP) is 3.07. The van der Waals surface area contributed by atoms with Gasteiger partial charge in [0.2, 0.25) is 11.8 Å². The Morgan fingerprint density at radius 3 is 2.58 bits per heavy atom. The molecular formula is C27H41BrN2O6. The van der Waals surface area contributed by atoms with Gasteiger partial charge in [0.05, 0.1) is 37.2 Å². The number of carbonyl (C=O) groups is 3. The zero-order chi connectivity index (χ0) is 26.8. The minimum atomic E-state index is -1.18. The highest BCUT2D eigenvalue weighted by atomic mass is 79.9. The number of nitrogens with zero attached hydrogens (tertiary/aromatic N) is 2. The van der Waals surface area contributed by atoms with Crippen molar-refractivity contribution in [1.82, 2.24) is 9.80 Å². The quantitative estimate of drug-likeness (QED) is 0.159. The van der Waals surface area contributed by atoms with E-state index in [-0.39, 0.29) is 41.8 Å². The molecule has 8 atom stereocenters. The fraction of sp³-hybridized carbons (Fsp3) is 0.741. The van der Waals surface area contributed by atoms with E-state index in [0.717, 1.165) is 12.8 Å². The van der Waals surface area contributed by atoms with Crippen LogP contribution in [0.1, 0.15) is 53.4 Å². The maximum Gasteiger partial charge on any atom is 0.312 e. The van der Waals surface area contributed by atoms with Gasteiger partial charge < -0.3 is 24.4 Å². The Bertz CT molecular complexity index is 865. The molecule has 3 rings (SSSR count). The van der Waals surface area contributed by atoms with E-state index in [4.69, 9.17) is 9.47 Å². The van der Waals surface area contributed by atoms with Crippen LogP contribution >= 0.6 is 15.9 Å². The lowest BCUT2D eigenvalue weighted by molar-refractivity contribution is -0.157. The molecule has 1 N–H and O–H groups in total. The second-order valence-corrected chi connectivity index (χ2v) is 11.7. The maximum atomic E-state index is 14.4. The summed E-state index contributed by atoms with van der Waals surface area (Å²) in [6.45, 7) is 15.6. The summed E-state index contributed by atoms with van der Waals surface area (Å²) >= 11 is 3.67. The standard InChI is InChI=1S/C27H41BrN2O6/c1-7-10-13-35-26(34)20-21-24(32)30(19(15-31)16(4)5)23(27(21)14-18(28)22(20)36-27)25(33)29(12-9-3)17(6)11-8-2/h7,9,16-23,31H,1,3,8,10-15H2,2,4-6H3/t17?,18?,19-,20-,21-,22-,23?,27?/m0/s1. The zero-order valence-electron chi connectivity index (χ0n) is 21.9. The molecule has 1 spiro atoms. The monoisotopic (exact) mass is 568 g/mol.